The molecule has 0 unspecified atom stereocenters. The van der Waals surface area contributed by atoms with Gasteiger partial charge in [0.15, 0.2) is 0 Å². The molecule has 0 saturated heterocycles. The van der Waals surface area contributed by atoms with Crippen LogP contribution in [0.4, 0.5) is 16.4 Å². The normalized spacial score (nSPS) is 10.2. The van der Waals surface area contributed by atoms with E-state index >= 15 is 0 Å². The highest BCUT2D eigenvalue weighted by molar-refractivity contribution is 7.16. The molecule has 2 rings (SSSR count). The lowest BCUT2D eigenvalue weighted by atomic mass is 10.2. The van der Waals surface area contributed by atoms with Gasteiger partial charge in [0.1, 0.15) is 16.4 Å². The van der Waals surface area contributed by atoms with Gasteiger partial charge in [-0.15, -0.1) is 11.3 Å². The third-order valence-electron chi connectivity index (χ3n) is 3.19. The number of methoxy groups -OCH3 is 2. The molecular weight excluding hydrogens is 320 g/mol. The number of esters is 1. The number of nitrogens with zero attached hydrogens (tertiary/aromatic N) is 1. The van der Waals surface area contributed by atoms with Crippen LogP contribution in [0.5, 0.6) is 5.75 Å². The van der Waals surface area contributed by atoms with Crippen molar-refractivity contribution in [1.82, 2.24) is 0 Å². The maximum atomic E-state index is 11.9. The first-order valence-corrected chi connectivity index (χ1v) is 7.62. The fourth-order valence-electron chi connectivity index (χ4n) is 1.99. The van der Waals surface area contributed by atoms with E-state index in [1.54, 1.807) is 18.2 Å². The van der Waals surface area contributed by atoms with Crippen molar-refractivity contribution in [2.75, 3.05) is 19.5 Å². The Balaban J connectivity index is 2.44. The summed E-state index contributed by atoms with van der Waals surface area (Å²) in [6.07, 6.45) is 0.751. The molecule has 0 aliphatic carbocycles. The maximum Gasteiger partial charge on any atom is 0.340 e. The predicted molar refractivity (Wildman–Crippen MR) is 88.0 cm³/mol. The molecule has 1 N–H and O–H groups in total. The highest BCUT2D eigenvalue weighted by atomic mass is 32.1. The second kappa shape index (κ2) is 7.10. The number of hydrogen-bond acceptors (Lipinski definition) is 7. The first kappa shape index (κ1) is 16.8. The first-order chi connectivity index (χ1) is 11.0. The summed E-state index contributed by atoms with van der Waals surface area (Å²) in [6, 6.07) is 6.22. The van der Waals surface area contributed by atoms with Gasteiger partial charge in [0, 0.05) is 4.88 Å². The van der Waals surface area contributed by atoms with Crippen LogP contribution in [0, 0.1) is 10.1 Å². The largest absolute Gasteiger partial charge is 0.496 e. The number of nitro benzene ring substituents is 1. The summed E-state index contributed by atoms with van der Waals surface area (Å²) in [5.74, 6) is -0.101. The number of rotatable bonds is 6. The zero-order valence-corrected chi connectivity index (χ0v) is 13.7. The molecule has 0 amide bonds. The van der Waals surface area contributed by atoms with Gasteiger partial charge in [-0.3, -0.25) is 10.1 Å². The Morgan fingerprint density at radius 3 is 2.65 bits per heavy atom. The minimum atomic E-state index is -0.503. The van der Waals surface area contributed by atoms with Crippen molar-refractivity contribution in [2.45, 2.75) is 13.3 Å². The Kier molecular flexibility index (Phi) is 5.17. The van der Waals surface area contributed by atoms with Crippen molar-refractivity contribution in [2.24, 2.45) is 0 Å². The number of nitro groups is 1. The van der Waals surface area contributed by atoms with Crippen LogP contribution in [0.3, 0.4) is 0 Å². The van der Waals surface area contributed by atoms with Gasteiger partial charge in [-0.2, -0.15) is 0 Å². The summed E-state index contributed by atoms with van der Waals surface area (Å²) >= 11 is 1.36. The fourth-order valence-corrected chi connectivity index (χ4v) is 2.98. The van der Waals surface area contributed by atoms with E-state index in [4.69, 9.17) is 9.47 Å². The van der Waals surface area contributed by atoms with E-state index < -0.39 is 10.9 Å². The van der Waals surface area contributed by atoms with Crippen LogP contribution in [0.25, 0.3) is 0 Å². The molecular formula is C15H16N2O5S. The van der Waals surface area contributed by atoms with Gasteiger partial charge in [-0.05, 0) is 24.6 Å². The maximum absolute atomic E-state index is 11.9. The first-order valence-electron chi connectivity index (χ1n) is 6.80. The molecule has 8 heteroatoms. The Morgan fingerprint density at radius 2 is 2.09 bits per heavy atom. The van der Waals surface area contributed by atoms with Crippen molar-refractivity contribution in [3.05, 3.63) is 44.8 Å². The van der Waals surface area contributed by atoms with Crippen LogP contribution in [-0.2, 0) is 11.2 Å². The Hall–Kier alpha value is -2.61. The third-order valence-corrected chi connectivity index (χ3v) is 4.38. The molecule has 1 heterocycles. The second-order valence-electron chi connectivity index (χ2n) is 4.57. The van der Waals surface area contributed by atoms with Crippen LogP contribution >= 0.6 is 11.3 Å². The van der Waals surface area contributed by atoms with Crippen molar-refractivity contribution >= 4 is 33.7 Å². The van der Waals surface area contributed by atoms with Crippen molar-refractivity contribution in [3.8, 4) is 5.75 Å². The number of nitrogens with one attached hydrogen (secondary N) is 1. The van der Waals surface area contributed by atoms with E-state index in [9.17, 15) is 14.9 Å². The Morgan fingerprint density at radius 1 is 1.35 bits per heavy atom. The van der Waals surface area contributed by atoms with E-state index in [1.165, 1.54) is 31.6 Å². The molecule has 0 aliphatic rings. The summed E-state index contributed by atoms with van der Waals surface area (Å²) in [5.41, 5.74) is 0.511. The van der Waals surface area contributed by atoms with Crippen LogP contribution in [0.1, 0.15) is 22.2 Å². The number of aryl methyl sites for hydroxylation is 1. The minimum Gasteiger partial charge on any atom is -0.496 e. The topological polar surface area (TPSA) is 90.7 Å². The molecule has 0 spiro atoms. The molecule has 0 saturated carbocycles. The molecule has 7 nitrogen and oxygen atoms in total. The summed E-state index contributed by atoms with van der Waals surface area (Å²) in [4.78, 5) is 23.6. The average molecular weight is 336 g/mol. The minimum absolute atomic E-state index is 0.133. The lowest BCUT2D eigenvalue weighted by Crippen LogP contribution is -2.04. The van der Waals surface area contributed by atoms with Crippen molar-refractivity contribution in [3.63, 3.8) is 0 Å². The summed E-state index contributed by atoms with van der Waals surface area (Å²) in [6.45, 7) is 1.96. The van der Waals surface area contributed by atoms with Gasteiger partial charge in [0.05, 0.1) is 30.8 Å². The van der Waals surface area contributed by atoms with Gasteiger partial charge < -0.3 is 14.8 Å². The van der Waals surface area contributed by atoms with Crippen LogP contribution in [-0.4, -0.2) is 25.1 Å². The number of benzene rings is 1. The molecule has 0 bridgehead atoms. The monoisotopic (exact) mass is 336 g/mol. The summed E-state index contributed by atoms with van der Waals surface area (Å²) in [5, 5.41) is 14.7. The van der Waals surface area contributed by atoms with E-state index in [2.05, 4.69) is 5.32 Å². The number of thiophene rings is 1. The summed E-state index contributed by atoms with van der Waals surface area (Å²) in [7, 11) is 2.74. The smallest absolute Gasteiger partial charge is 0.340 e. The molecule has 2 aromatic rings. The Labute approximate surface area is 137 Å². The van der Waals surface area contributed by atoms with Gasteiger partial charge in [0.2, 0.25) is 0 Å². The standard InChI is InChI=1S/C15H16N2O5S/c1-4-10-8-11(15(18)22-3)14(23-10)16-12-6-5-9(21-2)7-13(12)17(19)20/h5-8,16H,4H2,1-3H3. The highest BCUT2D eigenvalue weighted by Crippen LogP contribution is 2.36. The summed E-state index contributed by atoms with van der Waals surface area (Å²) < 4.78 is 9.77. The molecule has 1 aromatic heterocycles. The van der Waals surface area contributed by atoms with E-state index in [1.807, 2.05) is 6.92 Å². The molecule has 0 radical (unpaired) electrons. The average Bonchev–Trinajstić information content (AvgIpc) is 2.97. The molecule has 1 aromatic carbocycles. The zero-order chi connectivity index (χ0) is 17.0. The van der Waals surface area contributed by atoms with Gasteiger partial charge in [0.25, 0.3) is 5.69 Å². The third kappa shape index (κ3) is 3.59. The predicted octanol–water partition coefficient (Wildman–Crippen LogP) is 3.76. The van der Waals surface area contributed by atoms with Gasteiger partial charge in [-0.25, -0.2) is 4.79 Å². The quantitative estimate of drug-likeness (QED) is 0.491. The van der Waals surface area contributed by atoms with E-state index in [-0.39, 0.29) is 11.4 Å². The number of hydrogen-bond donors (Lipinski definition) is 1. The highest BCUT2D eigenvalue weighted by Gasteiger charge is 2.20. The molecule has 0 fully saturated rings. The second-order valence-corrected chi connectivity index (χ2v) is 5.70. The van der Waals surface area contributed by atoms with Crippen LogP contribution in [0.15, 0.2) is 24.3 Å². The Bertz CT molecular complexity index is 741. The van der Waals surface area contributed by atoms with Gasteiger partial charge >= 0.3 is 5.97 Å². The van der Waals surface area contributed by atoms with Crippen molar-refractivity contribution < 1.29 is 19.2 Å². The molecule has 23 heavy (non-hydrogen) atoms. The van der Waals surface area contributed by atoms with Crippen molar-refractivity contribution in [1.29, 1.82) is 0 Å². The fraction of sp³-hybridized carbons (Fsp3) is 0.267. The SMILES string of the molecule is CCc1cc(C(=O)OC)c(Nc2ccc(OC)cc2[N+](=O)[O-])s1. The van der Waals surface area contributed by atoms with Crippen LogP contribution in [0.2, 0.25) is 0 Å². The number of anilines is 2. The van der Waals surface area contributed by atoms with E-state index in [0.717, 1.165) is 11.3 Å². The number of carbonyl (C=O) groups is 1. The lowest BCUT2D eigenvalue weighted by molar-refractivity contribution is -0.384. The lowest BCUT2D eigenvalue weighted by Gasteiger charge is -2.08. The molecule has 0 atom stereocenters. The number of ether oxygens (including phenoxy) is 2. The zero-order valence-electron chi connectivity index (χ0n) is 12.9. The van der Waals surface area contributed by atoms with Crippen LogP contribution < -0.4 is 10.1 Å². The van der Waals surface area contributed by atoms with Gasteiger partial charge in [-0.1, -0.05) is 6.92 Å². The molecule has 0 aliphatic heterocycles. The molecule has 122 valence electrons. The number of carbonyl (C=O) groups excluding carboxylic acids is 1. The van der Waals surface area contributed by atoms with E-state index in [0.29, 0.717) is 16.3 Å².